The monoisotopic (exact) mass is 260 g/mol. The van der Waals surface area contributed by atoms with E-state index in [9.17, 15) is 0 Å². The molecule has 0 nitrogen and oxygen atoms in total. The first kappa shape index (κ1) is 12.3. The second-order valence-corrected chi connectivity index (χ2v) is 4.16. The van der Waals surface area contributed by atoms with Crippen LogP contribution in [-0.2, 0) is 21.7 Å². The van der Waals surface area contributed by atoms with Crippen LogP contribution in [0.25, 0.3) is 0 Å². The molecule has 0 saturated carbocycles. The summed E-state index contributed by atoms with van der Waals surface area (Å²) in [6, 6.07) is 0. The molecule has 14 heavy (non-hydrogen) atoms. The van der Waals surface area contributed by atoms with Crippen molar-refractivity contribution in [2.24, 2.45) is 0 Å². The Balaban J connectivity index is 0.000000980. The molecule has 0 N–H and O–H groups in total. The van der Waals surface area contributed by atoms with Crippen LogP contribution in [0.3, 0.4) is 0 Å². The zero-order valence-corrected chi connectivity index (χ0v) is 10.8. The molecule has 0 fully saturated rings. The van der Waals surface area contributed by atoms with Crippen molar-refractivity contribution in [2.45, 2.75) is 19.3 Å². The Kier molecular flexibility index (Phi) is 4.73. The van der Waals surface area contributed by atoms with Crippen LogP contribution in [0.15, 0.2) is 45.5 Å². The SMILES string of the molecule is ClC1=C(CC2=C(Cl)CC=C2)C=CC1.[Ti]. The van der Waals surface area contributed by atoms with Gasteiger partial charge in [0.05, 0.1) is 0 Å². The smallest absolute Gasteiger partial charge is 0.0253 e. The van der Waals surface area contributed by atoms with Gasteiger partial charge in [0.2, 0.25) is 0 Å². The van der Waals surface area contributed by atoms with Gasteiger partial charge in [-0.05, 0) is 17.6 Å². The molecule has 0 aromatic rings. The minimum Gasteiger partial charge on any atom is -0.0885 e. The Morgan fingerprint density at radius 3 is 1.64 bits per heavy atom. The molecule has 0 radical (unpaired) electrons. The van der Waals surface area contributed by atoms with Gasteiger partial charge in [-0.25, -0.2) is 0 Å². The maximum Gasteiger partial charge on any atom is 0.0253 e. The van der Waals surface area contributed by atoms with E-state index in [1.165, 1.54) is 11.1 Å². The van der Waals surface area contributed by atoms with Crippen molar-refractivity contribution in [1.82, 2.24) is 0 Å². The Labute approximate surface area is 109 Å². The van der Waals surface area contributed by atoms with Crippen LogP contribution >= 0.6 is 23.2 Å². The third-order valence-electron chi connectivity index (χ3n) is 2.31. The first-order valence-corrected chi connectivity index (χ1v) is 5.11. The summed E-state index contributed by atoms with van der Waals surface area (Å²) in [5.74, 6) is 0. The van der Waals surface area contributed by atoms with Crippen LogP contribution in [0.5, 0.6) is 0 Å². The standard InChI is InChI=1S/C11H10Cl2.Ti/c12-10-5-1-3-8(10)7-9-4-2-6-11(9)13;/h1-4H,5-7H2;. The van der Waals surface area contributed by atoms with Gasteiger partial charge in [-0.3, -0.25) is 0 Å². The number of hydrogen-bond acceptors (Lipinski definition) is 0. The van der Waals surface area contributed by atoms with Crippen LogP contribution in [-0.4, -0.2) is 0 Å². The van der Waals surface area contributed by atoms with Gasteiger partial charge >= 0.3 is 0 Å². The van der Waals surface area contributed by atoms with Crippen LogP contribution in [0, 0.1) is 0 Å². The number of hydrogen-bond donors (Lipinski definition) is 0. The molecule has 0 aliphatic heterocycles. The van der Waals surface area contributed by atoms with Crippen molar-refractivity contribution < 1.29 is 21.7 Å². The molecule has 0 spiro atoms. The molecule has 0 saturated heterocycles. The molecular weight excluding hydrogens is 251 g/mol. The number of rotatable bonds is 2. The largest absolute Gasteiger partial charge is 0.0885 e. The van der Waals surface area contributed by atoms with E-state index in [1.807, 2.05) is 0 Å². The minimum absolute atomic E-state index is 0. The molecule has 0 amide bonds. The van der Waals surface area contributed by atoms with E-state index in [1.54, 1.807) is 0 Å². The van der Waals surface area contributed by atoms with E-state index in [-0.39, 0.29) is 21.7 Å². The zero-order chi connectivity index (χ0) is 9.26. The molecule has 2 rings (SSSR count). The maximum atomic E-state index is 6.03. The van der Waals surface area contributed by atoms with Gasteiger partial charge in [0.25, 0.3) is 0 Å². The Hall–Kier alpha value is 0.254. The van der Waals surface area contributed by atoms with Crippen molar-refractivity contribution in [3.05, 3.63) is 45.5 Å². The molecule has 0 atom stereocenters. The van der Waals surface area contributed by atoms with Crippen molar-refractivity contribution in [1.29, 1.82) is 0 Å². The van der Waals surface area contributed by atoms with Crippen molar-refractivity contribution >= 4 is 23.2 Å². The van der Waals surface area contributed by atoms with Gasteiger partial charge in [0.1, 0.15) is 0 Å². The Morgan fingerprint density at radius 1 is 0.929 bits per heavy atom. The van der Waals surface area contributed by atoms with Crippen molar-refractivity contribution in [3.63, 3.8) is 0 Å². The van der Waals surface area contributed by atoms with Gasteiger partial charge in [-0.15, -0.1) is 0 Å². The molecule has 0 aromatic carbocycles. The van der Waals surface area contributed by atoms with Gasteiger partial charge in [0.15, 0.2) is 0 Å². The summed E-state index contributed by atoms with van der Waals surface area (Å²) in [7, 11) is 0. The van der Waals surface area contributed by atoms with Crippen LogP contribution in [0.4, 0.5) is 0 Å². The quantitative estimate of drug-likeness (QED) is 0.651. The maximum absolute atomic E-state index is 6.03. The molecular formula is C11H10Cl2Ti. The summed E-state index contributed by atoms with van der Waals surface area (Å²) < 4.78 is 0. The van der Waals surface area contributed by atoms with E-state index in [4.69, 9.17) is 23.2 Å². The zero-order valence-electron chi connectivity index (χ0n) is 7.69. The summed E-state index contributed by atoms with van der Waals surface area (Å²) in [6.45, 7) is 0. The molecule has 0 heterocycles. The van der Waals surface area contributed by atoms with E-state index >= 15 is 0 Å². The summed E-state index contributed by atoms with van der Waals surface area (Å²) in [5.41, 5.74) is 2.42. The molecule has 2 aliphatic carbocycles. The van der Waals surface area contributed by atoms with Gasteiger partial charge in [-0.2, -0.15) is 0 Å². The van der Waals surface area contributed by atoms with Gasteiger partial charge in [-0.1, -0.05) is 47.5 Å². The van der Waals surface area contributed by atoms with E-state index in [0.29, 0.717) is 0 Å². The predicted octanol–water partition coefficient (Wildman–Crippen LogP) is 4.28. The van der Waals surface area contributed by atoms with Gasteiger partial charge < -0.3 is 0 Å². The molecule has 3 heteroatoms. The molecule has 72 valence electrons. The first-order valence-electron chi connectivity index (χ1n) is 4.35. The van der Waals surface area contributed by atoms with E-state index in [2.05, 4.69) is 24.3 Å². The fourth-order valence-corrected chi connectivity index (χ4v) is 2.00. The fourth-order valence-electron chi connectivity index (χ4n) is 1.57. The molecule has 0 aromatic heterocycles. The minimum atomic E-state index is 0. The Morgan fingerprint density at radius 2 is 1.36 bits per heavy atom. The average molecular weight is 261 g/mol. The van der Waals surface area contributed by atoms with Crippen molar-refractivity contribution in [3.8, 4) is 0 Å². The number of halogens is 2. The Bertz CT molecular complexity index is 314. The summed E-state index contributed by atoms with van der Waals surface area (Å²) in [6.07, 6.45) is 11.0. The van der Waals surface area contributed by atoms with Crippen molar-refractivity contribution in [2.75, 3.05) is 0 Å². The third-order valence-corrected chi connectivity index (χ3v) is 3.10. The number of allylic oxidation sites excluding steroid dienone is 8. The van der Waals surface area contributed by atoms with E-state index in [0.717, 1.165) is 29.3 Å². The predicted molar refractivity (Wildman–Crippen MR) is 57.9 cm³/mol. The van der Waals surface area contributed by atoms with Crippen LogP contribution in [0.2, 0.25) is 0 Å². The fraction of sp³-hybridized carbons (Fsp3) is 0.273. The second kappa shape index (κ2) is 5.37. The molecule has 0 unspecified atom stereocenters. The first-order chi connectivity index (χ1) is 6.27. The topological polar surface area (TPSA) is 0 Å². The normalized spacial score (nSPS) is 19.6. The summed E-state index contributed by atoms with van der Waals surface area (Å²) in [5, 5.41) is 1.91. The summed E-state index contributed by atoms with van der Waals surface area (Å²) >= 11 is 12.1. The second-order valence-electron chi connectivity index (χ2n) is 3.25. The molecule has 2 aliphatic rings. The van der Waals surface area contributed by atoms with Crippen LogP contribution in [0.1, 0.15) is 19.3 Å². The third kappa shape index (κ3) is 2.64. The van der Waals surface area contributed by atoms with Gasteiger partial charge in [0, 0.05) is 44.6 Å². The average Bonchev–Trinajstić information content (AvgIpc) is 2.65. The summed E-state index contributed by atoms with van der Waals surface area (Å²) in [4.78, 5) is 0. The van der Waals surface area contributed by atoms with E-state index < -0.39 is 0 Å². The van der Waals surface area contributed by atoms with Crippen LogP contribution < -0.4 is 0 Å². The molecule has 0 bridgehead atoms.